The predicted molar refractivity (Wildman–Crippen MR) is 109 cm³/mol. The number of benzene rings is 1. The largest absolute Gasteiger partial charge is 0.478 e. The lowest BCUT2D eigenvalue weighted by Crippen LogP contribution is -2.17. The van der Waals surface area contributed by atoms with Crippen molar-refractivity contribution in [3.63, 3.8) is 0 Å². The van der Waals surface area contributed by atoms with Crippen LogP contribution in [0.3, 0.4) is 0 Å². The fourth-order valence-corrected chi connectivity index (χ4v) is 3.20. The van der Waals surface area contributed by atoms with Crippen LogP contribution in [-0.4, -0.2) is 23.1 Å². The van der Waals surface area contributed by atoms with E-state index in [1.54, 1.807) is 12.1 Å². The van der Waals surface area contributed by atoms with Gasteiger partial charge in [-0.05, 0) is 37.8 Å². The van der Waals surface area contributed by atoms with Crippen molar-refractivity contribution >= 4 is 11.9 Å². The number of carboxylic acids is 1. The Hall–Kier alpha value is -1.84. The van der Waals surface area contributed by atoms with Crippen LogP contribution in [0.1, 0.15) is 106 Å². The van der Waals surface area contributed by atoms with Crippen LogP contribution in [0.15, 0.2) is 24.3 Å². The van der Waals surface area contributed by atoms with Crippen molar-refractivity contribution in [2.24, 2.45) is 5.92 Å². The molecule has 0 heterocycles. The molecule has 1 atom stereocenters. The van der Waals surface area contributed by atoms with Crippen LogP contribution in [0.25, 0.3) is 0 Å². The van der Waals surface area contributed by atoms with Crippen LogP contribution in [0, 0.1) is 5.92 Å². The monoisotopic (exact) mass is 376 g/mol. The first-order chi connectivity index (χ1) is 12.9. The molecule has 1 aromatic carbocycles. The van der Waals surface area contributed by atoms with Crippen molar-refractivity contribution in [1.82, 2.24) is 0 Å². The summed E-state index contributed by atoms with van der Waals surface area (Å²) in [5.41, 5.74) is 0.109. The van der Waals surface area contributed by atoms with Gasteiger partial charge in [-0.25, -0.2) is 9.59 Å². The van der Waals surface area contributed by atoms with E-state index in [1.165, 1.54) is 57.1 Å². The van der Waals surface area contributed by atoms with Crippen LogP contribution < -0.4 is 0 Å². The molecular weight excluding hydrogens is 340 g/mol. The molecule has 0 aliphatic heterocycles. The minimum atomic E-state index is -1.11. The average molecular weight is 377 g/mol. The highest BCUT2D eigenvalue weighted by Gasteiger charge is 2.18. The highest BCUT2D eigenvalue weighted by Crippen LogP contribution is 2.16. The third kappa shape index (κ3) is 10.2. The van der Waals surface area contributed by atoms with Gasteiger partial charge >= 0.3 is 11.9 Å². The topological polar surface area (TPSA) is 63.6 Å². The Balaban J connectivity index is 2.13. The Morgan fingerprint density at radius 2 is 1.30 bits per heavy atom. The third-order valence-electron chi connectivity index (χ3n) is 4.83. The Morgan fingerprint density at radius 1 is 0.815 bits per heavy atom. The maximum absolute atomic E-state index is 12.2. The van der Waals surface area contributed by atoms with Crippen LogP contribution in [-0.2, 0) is 4.74 Å². The van der Waals surface area contributed by atoms with Crippen LogP contribution in [0.5, 0.6) is 0 Å². The number of carboxylic acid groups (broad SMARTS) is 1. The zero-order chi connectivity index (χ0) is 20.1. The molecule has 1 N–H and O–H groups in total. The van der Waals surface area contributed by atoms with Crippen molar-refractivity contribution in [1.29, 1.82) is 0 Å². The summed E-state index contributed by atoms with van der Waals surface area (Å²) >= 11 is 0. The highest BCUT2D eigenvalue weighted by molar-refractivity contribution is 6.02. The fourth-order valence-electron chi connectivity index (χ4n) is 3.20. The van der Waals surface area contributed by atoms with Gasteiger partial charge in [-0.3, -0.25) is 0 Å². The van der Waals surface area contributed by atoms with E-state index >= 15 is 0 Å². The minimum absolute atomic E-state index is 0.0110. The average Bonchev–Trinajstić information content (AvgIpc) is 2.62. The van der Waals surface area contributed by atoms with Crippen LogP contribution in [0.2, 0.25) is 0 Å². The van der Waals surface area contributed by atoms with Gasteiger partial charge in [0.2, 0.25) is 0 Å². The van der Waals surface area contributed by atoms with Crippen molar-refractivity contribution in [2.75, 3.05) is 0 Å². The zero-order valence-electron chi connectivity index (χ0n) is 17.2. The third-order valence-corrected chi connectivity index (χ3v) is 4.83. The number of aromatic carboxylic acids is 1. The molecule has 1 aromatic rings. The van der Waals surface area contributed by atoms with E-state index in [0.29, 0.717) is 0 Å². The number of esters is 1. The summed E-state index contributed by atoms with van der Waals surface area (Å²) in [4.78, 5) is 23.4. The number of rotatable bonds is 14. The summed E-state index contributed by atoms with van der Waals surface area (Å²) in [6.07, 6.45) is 12.0. The summed E-state index contributed by atoms with van der Waals surface area (Å²) in [6, 6.07) is 6.18. The van der Waals surface area contributed by atoms with E-state index in [2.05, 4.69) is 13.8 Å². The maximum atomic E-state index is 12.2. The molecule has 0 aliphatic rings. The summed E-state index contributed by atoms with van der Waals surface area (Å²) in [5, 5.41) is 9.16. The molecule has 0 saturated carbocycles. The summed E-state index contributed by atoms with van der Waals surface area (Å²) in [5.74, 6) is -0.847. The summed E-state index contributed by atoms with van der Waals surface area (Å²) in [7, 11) is 0. The van der Waals surface area contributed by atoms with E-state index in [-0.39, 0.29) is 17.2 Å². The molecule has 152 valence electrons. The maximum Gasteiger partial charge on any atom is 0.339 e. The van der Waals surface area contributed by atoms with Gasteiger partial charge in [0.15, 0.2) is 0 Å². The normalized spacial score (nSPS) is 12.1. The molecule has 0 bridgehead atoms. The predicted octanol–water partition coefficient (Wildman–Crippen LogP) is 6.49. The van der Waals surface area contributed by atoms with Crippen molar-refractivity contribution in [2.45, 2.75) is 91.1 Å². The molecule has 1 rings (SSSR count). The molecule has 4 heteroatoms. The second-order valence-corrected chi connectivity index (χ2v) is 7.87. The Morgan fingerprint density at radius 3 is 1.81 bits per heavy atom. The summed E-state index contributed by atoms with van der Waals surface area (Å²) < 4.78 is 5.42. The van der Waals surface area contributed by atoms with Crippen molar-refractivity contribution in [3.05, 3.63) is 35.4 Å². The van der Waals surface area contributed by atoms with E-state index < -0.39 is 11.9 Å². The molecule has 0 saturated heterocycles. The van der Waals surface area contributed by atoms with Gasteiger partial charge < -0.3 is 9.84 Å². The molecule has 1 unspecified atom stereocenters. The van der Waals surface area contributed by atoms with Gasteiger partial charge in [0.25, 0.3) is 0 Å². The first-order valence-corrected chi connectivity index (χ1v) is 10.4. The van der Waals surface area contributed by atoms with Gasteiger partial charge in [-0.15, -0.1) is 0 Å². The van der Waals surface area contributed by atoms with Gasteiger partial charge in [0.05, 0.1) is 17.2 Å². The number of unbranched alkanes of at least 4 members (excludes halogenated alkanes) is 7. The smallest absolute Gasteiger partial charge is 0.339 e. The van der Waals surface area contributed by atoms with E-state index in [0.717, 1.165) is 25.2 Å². The van der Waals surface area contributed by atoms with Gasteiger partial charge in [-0.1, -0.05) is 77.3 Å². The highest BCUT2D eigenvalue weighted by atomic mass is 16.5. The lowest BCUT2D eigenvalue weighted by Gasteiger charge is -2.14. The lowest BCUT2D eigenvalue weighted by atomic mass is 10.0. The standard InChI is InChI=1S/C23H36O4/c1-18(2)14-10-8-6-4-5-7-9-11-15-19(3)27-23(26)21-17-13-12-16-20(21)22(24)25/h12-13,16-19H,4-11,14-15H2,1-3H3,(H,24,25). The molecule has 0 aliphatic carbocycles. The van der Waals surface area contributed by atoms with Crippen LogP contribution >= 0.6 is 0 Å². The first-order valence-electron chi connectivity index (χ1n) is 10.4. The number of carbonyl (C=O) groups is 2. The Kier molecular flexibility index (Phi) is 11.5. The fraction of sp³-hybridized carbons (Fsp3) is 0.652. The minimum Gasteiger partial charge on any atom is -0.478 e. The van der Waals surface area contributed by atoms with E-state index in [9.17, 15) is 9.59 Å². The number of carbonyl (C=O) groups excluding carboxylic acids is 1. The van der Waals surface area contributed by atoms with Gasteiger partial charge in [-0.2, -0.15) is 0 Å². The molecule has 0 fully saturated rings. The first kappa shape index (κ1) is 23.2. The van der Waals surface area contributed by atoms with Gasteiger partial charge in [0.1, 0.15) is 0 Å². The number of ether oxygens (including phenoxy) is 1. The van der Waals surface area contributed by atoms with Gasteiger partial charge in [0, 0.05) is 0 Å². The molecule has 0 radical (unpaired) electrons. The Bertz CT molecular complexity index is 565. The lowest BCUT2D eigenvalue weighted by molar-refractivity contribution is 0.0313. The van der Waals surface area contributed by atoms with E-state index in [4.69, 9.17) is 9.84 Å². The zero-order valence-corrected chi connectivity index (χ0v) is 17.2. The molecule has 0 aromatic heterocycles. The van der Waals surface area contributed by atoms with Crippen molar-refractivity contribution < 1.29 is 19.4 Å². The van der Waals surface area contributed by atoms with Crippen LogP contribution in [0.4, 0.5) is 0 Å². The number of hydrogen-bond acceptors (Lipinski definition) is 3. The molecule has 27 heavy (non-hydrogen) atoms. The molecule has 0 amide bonds. The summed E-state index contributed by atoms with van der Waals surface area (Å²) in [6.45, 7) is 6.43. The molecular formula is C23H36O4. The second-order valence-electron chi connectivity index (χ2n) is 7.87. The molecule has 4 nitrogen and oxygen atoms in total. The molecule has 0 spiro atoms. The van der Waals surface area contributed by atoms with Crippen molar-refractivity contribution in [3.8, 4) is 0 Å². The quantitative estimate of drug-likeness (QED) is 0.298. The van der Waals surface area contributed by atoms with E-state index in [1.807, 2.05) is 6.92 Å². The number of hydrogen-bond donors (Lipinski definition) is 1. The second kappa shape index (κ2) is 13.3. The Labute approximate surface area is 164 Å². The SMILES string of the molecule is CC(C)CCCCCCCCCCC(C)OC(=O)c1ccccc1C(=O)O.